The summed E-state index contributed by atoms with van der Waals surface area (Å²) in [5.41, 5.74) is 20.9. The number of H-pyrrole nitrogens is 2. The average Bonchev–Trinajstić information content (AvgIpc) is 4.04. The van der Waals surface area contributed by atoms with E-state index in [0.29, 0.717) is 52.3 Å². The van der Waals surface area contributed by atoms with E-state index in [4.69, 9.17) is 47.0 Å². The third kappa shape index (κ3) is 10.8. The number of halogens is 2. The van der Waals surface area contributed by atoms with Crippen molar-refractivity contribution in [3.05, 3.63) is 119 Å². The van der Waals surface area contributed by atoms with Gasteiger partial charge in [-0.05, 0) is 76.1 Å². The minimum atomic E-state index is 0.0766. The Balaban J connectivity index is 0.000000152. The Morgan fingerprint density at radius 3 is 1.82 bits per heavy atom. The van der Waals surface area contributed by atoms with E-state index < -0.39 is 0 Å². The average molecular weight is 984 g/mol. The zero-order valence-corrected chi connectivity index (χ0v) is 38.8. The van der Waals surface area contributed by atoms with Crippen LogP contribution < -0.4 is 26.0 Å². The van der Waals surface area contributed by atoms with Crippen LogP contribution in [0.5, 0.6) is 5.75 Å². The molecule has 0 spiro atoms. The normalized spacial score (nSPS) is 15.3. The number of rotatable bonds is 7. The van der Waals surface area contributed by atoms with E-state index >= 15 is 0 Å². The number of fused-ring (bicyclic) bond motifs is 2. The summed E-state index contributed by atoms with van der Waals surface area (Å²) in [7, 11) is 0. The molecule has 5 aromatic heterocycles. The number of benzene rings is 3. The molecule has 0 saturated carbocycles. The van der Waals surface area contributed by atoms with Crippen molar-refractivity contribution in [1.82, 2.24) is 34.9 Å². The van der Waals surface area contributed by atoms with Gasteiger partial charge in [0, 0.05) is 90.1 Å². The van der Waals surface area contributed by atoms with Crippen molar-refractivity contribution in [2.24, 2.45) is 0 Å². The third-order valence-corrected chi connectivity index (χ3v) is 12.6. The van der Waals surface area contributed by atoms with Crippen molar-refractivity contribution < 1.29 is 18.9 Å². The van der Waals surface area contributed by atoms with E-state index in [0.717, 1.165) is 121 Å². The SMILES string of the molecule is Clc1ccnc2nc(-c3cccc(N4CCOCC4)c3)[nH]c12.N#Cc1cc(-c2ccnc3nc(-c4cccc(N5CCOCC5)c4)[nH]c23)ccc1OC1CCOCC1.Nc1nccc(Br)c1N. The monoisotopic (exact) mass is 982 g/mol. The molecule has 0 amide bonds. The molecule has 0 radical (unpaired) electrons. The van der Waals surface area contributed by atoms with Gasteiger partial charge in [-0.2, -0.15) is 5.26 Å². The Bertz CT molecular complexity index is 2990. The van der Waals surface area contributed by atoms with Crippen LogP contribution in [0.25, 0.3) is 56.2 Å². The lowest BCUT2D eigenvalue weighted by Crippen LogP contribution is -2.36. The highest BCUT2D eigenvalue weighted by atomic mass is 79.9. The highest BCUT2D eigenvalue weighted by Gasteiger charge is 2.20. The van der Waals surface area contributed by atoms with Crippen LogP contribution in [0.2, 0.25) is 5.02 Å². The van der Waals surface area contributed by atoms with Crippen molar-refractivity contribution in [3.63, 3.8) is 0 Å². The molecule has 3 saturated heterocycles. The van der Waals surface area contributed by atoms with Crippen molar-refractivity contribution >= 4 is 72.7 Å². The Kier molecular flexibility index (Phi) is 14.4. The number of nitrogen functional groups attached to an aromatic ring is 2. The van der Waals surface area contributed by atoms with Crippen molar-refractivity contribution in [2.45, 2.75) is 18.9 Å². The number of ether oxygens (including phenoxy) is 4. The van der Waals surface area contributed by atoms with Crippen LogP contribution in [0.3, 0.4) is 0 Å². The molecule has 16 nitrogen and oxygen atoms in total. The maximum Gasteiger partial charge on any atom is 0.179 e. The molecule has 3 fully saturated rings. The Hall–Kier alpha value is -6.81. The van der Waals surface area contributed by atoms with Crippen LogP contribution in [0.15, 0.2) is 108 Å². The molecule has 8 aromatic rings. The van der Waals surface area contributed by atoms with Crippen LogP contribution in [0.4, 0.5) is 22.9 Å². The first kappa shape index (κ1) is 45.4. The topological polar surface area (TPSA) is 215 Å². The number of hydrogen-bond donors (Lipinski definition) is 4. The number of pyridine rings is 3. The highest BCUT2D eigenvalue weighted by molar-refractivity contribution is 9.10. The Morgan fingerprint density at radius 1 is 0.672 bits per heavy atom. The molecule has 0 bridgehead atoms. The number of nitrogens with one attached hydrogen (secondary N) is 2. The Morgan fingerprint density at radius 2 is 1.24 bits per heavy atom. The van der Waals surface area contributed by atoms with Gasteiger partial charge in [0.1, 0.15) is 40.9 Å². The molecule has 3 aliphatic heterocycles. The minimum absolute atomic E-state index is 0.0766. The zero-order valence-electron chi connectivity index (χ0n) is 36.5. The summed E-state index contributed by atoms with van der Waals surface area (Å²) in [5, 5.41) is 10.5. The van der Waals surface area contributed by atoms with Crippen LogP contribution in [-0.4, -0.2) is 107 Å². The largest absolute Gasteiger partial charge is 0.489 e. The molecule has 0 aliphatic carbocycles. The number of hydrogen-bond acceptors (Lipinski definition) is 14. The molecule has 6 N–H and O–H groups in total. The second kappa shape index (κ2) is 21.2. The van der Waals surface area contributed by atoms with Gasteiger partial charge in [-0.1, -0.05) is 41.9 Å². The number of morpholine rings is 2. The van der Waals surface area contributed by atoms with Gasteiger partial charge in [0.25, 0.3) is 0 Å². The molecule has 8 heterocycles. The number of anilines is 4. The minimum Gasteiger partial charge on any atom is -0.489 e. The maximum atomic E-state index is 9.82. The number of nitrogens with zero attached hydrogens (tertiary/aromatic N) is 8. The fourth-order valence-corrected chi connectivity index (χ4v) is 8.48. The van der Waals surface area contributed by atoms with Crippen LogP contribution in [-0.2, 0) is 14.2 Å². The number of aromatic nitrogens is 7. The summed E-state index contributed by atoms with van der Waals surface area (Å²) >= 11 is 9.38. The molecule has 0 atom stereocenters. The molecule has 3 aromatic carbocycles. The van der Waals surface area contributed by atoms with E-state index in [1.54, 1.807) is 30.7 Å². The maximum absolute atomic E-state index is 9.82. The third-order valence-electron chi connectivity index (χ3n) is 11.6. The molecule has 67 heavy (non-hydrogen) atoms. The van der Waals surface area contributed by atoms with Crippen LogP contribution >= 0.6 is 27.5 Å². The summed E-state index contributed by atoms with van der Waals surface area (Å²) in [6.07, 6.45) is 6.76. The quantitative estimate of drug-likeness (QED) is 0.118. The lowest BCUT2D eigenvalue weighted by molar-refractivity contribution is 0.0254. The van der Waals surface area contributed by atoms with Crippen LogP contribution in [0, 0.1) is 11.3 Å². The van der Waals surface area contributed by atoms with Gasteiger partial charge < -0.3 is 50.2 Å². The summed E-state index contributed by atoms with van der Waals surface area (Å²) in [5.74, 6) is 2.53. The first-order chi connectivity index (χ1) is 32.8. The van der Waals surface area contributed by atoms with Gasteiger partial charge in [0.05, 0.1) is 61.4 Å². The van der Waals surface area contributed by atoms with Gasteiger partial charge in [0.15, 0.2) is 11.3 Å². The van der Waals surface area contributed by atoms with E-state index in [9.17, 15) is 5.26 Å². The number of nitriles is 1. The molecule has 18 heteroatoms. The van der Waals surface area contributed by atoms with E-state index in [2.05, 4.69) is 98.1 Å². The summed E-state index contributed by atoms with van der Waals surface area (Å²) in [4.78, 5) is 33.2. The molecular formula is C49H48BrClN12O4. The van der Waals surface area contributed by atoms with Gasteiger partial charge in [-0.25, -0.2) is 24.9 Å². The summed E-state index contributed by atoms with van der Waals surface area (Å²) < 4.78 is 23.2. The number of nitrogens with two attached hydrogens (primary N) is 2. The predicted molar refractivity (Wildman–Crippen MR) is 265 cm³/mol. The Labute approximate surface area is 400 Å². The van der Waals surface area contributed by atoms with Crippen LogP contribution in [0.1, 0.15) is 18.4 Å². The van der Waals surface area contributed by atoms with Crippen molar-refractivity contribution in [1.29, 1.82) is 5.26 Å². The van der Waals surface area contributed by atoms with Gasteiger partial charge >= 0.3 is 0 Å². The standard InChI is InChI=1S/C28H27N5O3.C16H15ClN4O.C5H6BrN3/c29-18-21-16-19(4-5-25(21)36-23-7-12-34-13-8-23)24-6-9-30-28-26(24)31-27(32-28)20-2-1-3-22(17-20)33-10-14-35-15-11-33;17-13-4-5-18-16-14(13)19-15(20-16)11-2-1-3-12(10-11)21-6-8-22-9-7-21;6-3-1-2-9-5(8)4(3)7/h1-6,9,16-17,23H,7-8,10-15H2,(H,30,31,32);1-5,10H,6-9H2,(H,18,19,20);1-2H,7H2,(H2,8,9). The first-order valence-corrected chi connectivity index (χ1v) is 23.1. The van der Waals surface area contributed by atoms with Gasteiger partial charge in [-0.15, -0.1) is 0 Å². The van der Waals surface area contributed by atoms with E-state index in [1.807, 2.05) is 36.4 Å². The zero-order chi connectivity index (χ0) is 46.1. The molecule has 3 aliphatic rings. The van der Waals surface area contributed by atoms with Crippen molar-refractivity contribution in [3.8, 4) is 45.7 Å². The fourth-order valence-electron chi connectivity index (χ4n) is 7.97. The number of aromatic amines is 2. The number of imidazole rings is 2. The lowest BCUT2D eigenvalue weighted by Gasteiger charge is -2.29. The first-order valence-electron chi connectivity index (χ1n) is 22.0. The molecular weight excluding hydrogens is 936 g/mol. The fraction of sp³-hybridized carbons (Fsp3) is 0.265. The highest BCUT2D eigenvalue weighted by Crippen LogP contribution is 2.34. The second-order valence-corrected chi connectivity index (χ2v) is 17.1. The predicted octanol–water partition coefficient (Wildman–Crippen LogP) is 8.68. The van der Waals surface area contributed by atoms with Gasteiger partial charge in [-0.3, -0.25) is 0 Å². The van der Waals surface area contributed by atoms with Crippen molar-refractivity contribution in [2.75, 3.05) is 87.1 Å². The lowest BCUT2D eigenvalue weighted by atomic mass is 10.0. The molecule has 342 valence electrons. The van der Waals surface area contributed by atoms with E-state index in [-0.39, 0.29) is 6.10 Å². The second-order valence-electron chi connectivity index (χ2n) is 15.9. The summed E-state index contributed by atoms with van der Waals surface area (Å²) in [6.45, 7) is 8.00. The molecule has 11 rings (SSSR count). The molecule has 0 unspecified atom stereocenters. The van der Waals surface area contributed by atoms with Gasteiger partial charge in [0.2, 0.25) is 0 Å². The van der Waals surface area contributed by atoms with E-state index in [1.165, 1.54) is 5.69 Å². The smallest absolute Gasteiger partial charge is 0.179 e. The summed E-state index contributed by atoms with van der Waals surface area (Å²) in [6, 6.07) is 30.2.